The summed E-state index contributed by atoms with van der Waals surface area (Å²) in [6.45, 7) is 7.55. The van der Waals surface area contributed by atoms with Crippen LogP contribution >= 0.6 is 0 Å². The van der Waals surface area contributed by atoms with Gasteiger partial charge in [-0.15, -0.1) is 0 Å². The predicted molar refractivity (Wildman–Crippen MR) is 95.0 cm³/mol. The molecule has 2 atom stereocenters. The lowest BCUT2D eigenvalue weighted by molar-refractivity contribution is -0.141. The van der Waals surface area contributed by atoms with E-state index in [1.165, 1.54) is 6.92 Å². The third-order valence-electron chi connectivity index (χ3n) is 3.63. The topological polar surface area (TPSA) is 108 Å². The third kappa shape index (κ3) is 7.69. The van der Waals surface area contributed by atoms with Crippen molar-refractivity contribution in [2.24, 2.45) is 5.92 Å². The molecule has 0 aromatic heterocycles. The summed E-state index contributed by atoms with van der Waals surface area (Å²) in [7, 11) is 0. The molecule has 0 bridgehead atoms. The number of aliphatic carboxylic acids is 1. The maximum atomic E-state index is 12.2. The molecule has 138 valence electrons. The molecule has 25 heavy (non-hydrogen) atoms. The lowest BCUT2D eigenvalue weighted by atomic mass is 10.0. The Kier molecular flexibility index (Phi) is 7.91. The fraction of sp³-hybridized carbons (Fsp3) is 0.500. The molecule has 0 saturated carbocycles. The normalized spacial score (nSPS) is 13.0. The summed E-state index contributed by atoms with van der Waals surface area (Å²) in [5.41, 5.74) is 2.08. The fourth-order valence-corrected chi connectivity index (χ4v) is 2.18. The molecule has 0 heterocycles. The third-order valence-corrected chi connectivity index (χ3v) is 3.63. The van der Waals surface area contributed by atoms with Crippen molar-refractivity contribution in [1.82, 2.24) is 16.0 Å². The summed E-state index contributed by atoms with van der Waals surface area (Å²) >= 11 is 0. The molecular weight excluding hydrogens is 322 g/mol. The van der Waals surface area contributed by atoms with Crippen molar-refractivity contribution in [2.75, 3.05) is 0 Å². The van der Waals surface area contributed by atoms with E-state index in [-0.39, 0.29) is 5.92 Å². The number of carboxylic acids is 1. The summed E-state index contributed by atoms with van der Waals surface area (Å²) < 4.78 is 0. The highest BCUT2D eigenvalue weighted by atomic mass is 16.4. The van der Waals surface area contributed by atoms with E-state index in [2.05, 4.69) is 16.0 Å². The number of urea groups is 1. The smallest absolute Gasteiger partial charge is 0.325 e. The molecule has 1 aromatic rings. The standard InChI is InChI=1S/C18H27N3O4/c1-11(2)9-15(16(22)20-13(4)17(23)24)21-18(25)19-10-14-7-5-12(3)6-8-14/h5-8,11,13,15H,9-10H2,1-4H3,(H,20,22)(H,23,24)(H2,19,21,25)/t13-,15?/m1/s1. The number of amides is 3. The number of hydrogen-bond donors (Lipinski definition) is 4. The summed E-state index contributed by atoms with van der Waals surface area (Å²) in [5.74, 6) is -1.47. The zero-order valence-electron chi connectivity index (χ0n) is 15.1. The van der Waals surface area contributed by atoms with Crippen LogP contribution in [0.4, 0.5) is 4.79 Å². The van der Waals surface area contributed by atoms with Crippen LogP contribution in [0.3, 0.4) is 0 Å². The van der Waals surface area contributed by atoms with Crippen LogP contribution in [-0.4, -0.2) is 35.1 Å². The van der Waals surface area contributed by atoms with Crippen LogP contribution in [-0.2, 0) is 16.1 Å². The first-order valence-corrected chi connectivity index (χ1v) is 8.32. The first-order valence-electron chi connectivity index (χ1n) is 8.32. The molecule has 0 fully saturated rings. The molecule has 1 aromatic carbocycles. The van der Waals surface area contributed by atoms with Gasteiger partial charge in [0, 0.05) is 6.54 Å². The van der Waals surface area contributed by atoms with Gasteiger partial charge < -0.3 is 21.1 Å². The largest absolute Gasteiger partial charge is 0.480 e. The first kappa shape index (κ1) is 20.5. The van der Waals surface area contributed by atoms with Gasteiger partial charge in [-0.25, -0.2) is 4.79 Å². The highest BCUT2D eigenvalue weighted by Gasteiger charge is 2.24. The Labute approximate surface area is 148 Å². The van der Waals surface area contributed by atoms with Crippen LogP contribution < -0.4 is 16.0 Å². The van der Waals surface area contributed by atoms with Crippen molar-refractivity contribution in [3.05, 3.63) is 35.4 Å². The van der Waals surface area contributed by atoms with Gasteiger partial charge in [0.2, 0.25) is 5.91 Å². The van der Waals surface area contributed by atoms with Crippen molar-refractivity contribution in [1.29, 1.82) is 0 Å². The van der Waals surface area contributed by atoms with Crippen LogP contribution in [0, 0.1) is 12.8 Å². The molecule has 1 rings (SSSR count). The average Bonchev–Trinajstić information content (AvgIpc) is 2.53. The van der Waals surface area contributed by atoms with E-state index < -0.39 is 30.0 Å². The second kappa shape index (κ2) is 9.66. The lowest BCUT2D eigenvalue weighted by Gasteiger charge is -2.21. The molecule has 3 amide bonds. The zero-order valence-corrected chi connectivity index (χ0v) is 15.1. The number of rotatable bonds is 8. The maximum absolute atomic E-state index is 12.2. The predicted octanol–water partition coefficient (Wildman–Crippen LogP) is 1.80. The Morgan fingerprint density at radius 1 is 1.04 bits per heavy atom. The summed E-state index contributed by atoms with van der Waals surface area (Å²) in [4.78, 5) is 35.2. The van der Waals surface area contributed by atoms with E-state index >= 15 is 0 Å². The molecule has 0 aliphatic carbocycles. The van der Waals surface area contributed by atoms with E-state index in [9.17, 15) is 14.4 Å². The van der Waals surface area contributed by atoms with E-state index in [1.807, 2.05) is 45.0 Å². The molecule has 0 aliphatic rings. The van der Waals surface area contributed by atoms with Crippen molar-refractivity contribution in [3.63, 3.8) is 0 Å². The van der Waals surface area contributed by atoms with E-state index in [4.69, 9.17) is 5.11 Å². The Morgan fingerprint density at radius 2 is 1.64 bits per heavy atom. The molecule has 0 spiro atoms. The highest BCUT2D eigenvalue weighted by molar-refractivity contribution is 5.89. The van der Waals surface area contributed by atoms with Crippen molar-refractivity contribution < 1.29 is 19.5 Å². The van der Waals surface area contributed by atoms with Gasteiger partial charge in [-0.3, -0.25) is 9.59 Å². The molecule has 4 N–H and O–H groups in total. The molecule has 1 unspecified atom stereocenters. The summed E-state index contributed by atoms with van der Waals surface area (Å²) in [5, 5.41) is 16.6. The van der Waals surface area contributed by atoms with Crippen LogP contribution in [0.1, 0.15) is 38.3 Å². The average molecular weight is 349 g/mol. The van der Waals surface area contributed by atoms with Gasteiger partial charge in [-0.2, -0.15) is 0 Å². The number of aryl methyl sites for hydroxylation is 1. The molecule has 7 nitrogen and oxygen atoms in total. The first-order chi connectivity index (χ1) is 11.7. The minimum Gasteiger partial charge on any atom is -0.480 e. The van der Waals surface area contributed by atoms with E-state index in [0.29, 0.717) is 13.0 Å². The number of carboxylic acid groups (broad SMARTS) is 1. The lowest BCUT2D eigenvalue weighted by Crippen LogP contribution is -2.53. The summed E-state index contributed by atoms with van der Waals surface area (Å²) in [6, 6.07) is 5.48. The molecular formula is C18H27N3O4. The maximum Gasteiger partial charge on any atom is 0.325 e. The molecule has 0 aliphatic heterocycles. The quantitative estimate of drug-likeness (QED) is 0.574. The van der Waals surface area contributed by atoms with Crippen LogP contribution in [0.5, 0.6) is 0 Å². The number of carbonyl (C=O) groups is 3. The van der Waals surface area contributed by atoms with Gasteiger partial charge in [0.25, 0.3) is 0 Å². The number of nitrogens with one attached hydrogen (secondary N) is 3. The number of benzene rings is 1. The van der Waals surface area contributed by atoms with Crippen LogP contribution in [0.25, 0.3) is 0 Å². The van der Waals surface area contributed by atoms with Gasteiger partial charge >= 0.3 is 12.0 Å². The fourth-order valence-electron chi connectivity index (χ4n) is 2.18. The number of hydrogen-bond acceptors (Lipinski definition) is 3. The van der Waals surface area contributed by atoms with Gasteiger partial charge in [-0.1, -0.05) is 43.7 Å². The molecule has 0 saturated heterocycles. The Bertz CT molecular complexity index is 599. The SMILES string of the molecule is Cc1ccc(CNC(=O)NC(CC(C)C)C(=O)N[C@H](C)C(=O)O)cc1. The molecule has 0 radical (unpaired) electrons. The van der Waals surface area contributed by atoms with Crippen LogP contribution in [0.15, 0.2) is 24.3 Å². The highest BCUT2D eigenvalue weighted by Crippen LogP contribution is 2.06. The second-order valence-electron chi connectivity index (χ2n) is 6.56. The Hall–Kier alpha value is -2.57. The minimum absolute atomic E-state index is 0.160. The molecule has 7 heteroatoms. The number of carbonyl (C=O) groups excluding carboxylic acids is 2. The van der Waals surface area contributed by atoms with Crippen molar-refractivity contribution in [3.8, 4) is 0 Å². The van der Waals surface area contributed by atoms with E-state index in [0.717, 1.165) is 11.1 Å². The summed E-state index contributed by atoms with van der Waals surface area (Å²) in [6.07, 6.45) is 0.413. The van der Waals surface area contributed by atoms with Gasteiger partial charge in [0.05, 0.1) is 0 Å². The Balaban J connectivity index is 2.60. The van der Waals surface area contributed by atoms with Crippen molar-refractivity contribution in [2.45, 2.75) is 52.7 Å². The van der Waals surface area contributed by atoms with Crippen LogP contribution in [0.2, 0.25) is 0 Å². The minimum atomic E-state index is -1.12. The zero-order chi connectivity index (χ0) is 19.0. The monoisotopic (exact) mass is 349 g/mol. The van der Waals surface area contributed by atoms with Crippen molar-refractivity contribution >= 4 is 17.9 Å². The van der Waals surface area contributed by atoms with Gasteiger partial charge in [0.15, 0.2) is 0 Å². The second-order valence-corrected chi connectivity index (χ2v) is 6.56. The van der Waals surface area contributed by atoms with Gasteiger partial charge in [-0.05, 0) is 31.7 Å². The Morgan fingerprint density at radius 3 is 2.16 bits per heavy atom. The van der Waals surface area contributed by atoms with Gasteiger partial charge in [0.1, 0.15) is 12.1 Å². The van der Waals surface area contributed by atoms with E-state index in [1.54, 1.807) is 0 Å².